The number of aromatic amines is 1. The van der Waals surface area contributed by atoms with Crippen LogP contribution < -0.4 is 4.74 Å². The SMILES string of the molecule is COc1c(Br)nc(Br)c2[nH]ccc12. The van der Waals surface area contributed by atoms with E-state index in [2.05, 4.69) is 41.8 Å². The molecule has 0 radical (unpaired) electrons. The van der Waals surface area contributed by atoms with Crippen LogP contribution in [-0.4, -0.2) is 17.1 Å². The van der Waals surface area contributed by atoms with Crippen molar-refractivity contribution >= 4 is 42.8 Å². The van der Waals surface area contributed by atoms with Crippen molar-refractivity contribution in [2.75, 3.05) is 7.11 Å². The molecule has 0 saturated heterocycles. The highest BCUT2D eigenvalue weighted by atomic mass is 79.9. The maximum atomic E-state index is 5.22. The van der Waals surface area contributed by atoms with E-state index in [4.69, 9.17) is 4.74 Å². The van der Waals surface area contributed by atoms with Crippen LogP contribution >= 0.6 is 31.9 Å². The number of halogens is 2. The Morgan fingerprint density at radius 3 is 2.85 bits per heavy atom. The number of nitrogens with zero attached hydrogens (tertiary/aromatic N) is 1. The quantitative estimate of drug-likeness (QED) is 0.822. The molecule has 0 aliphatic rings. The number of hydrogen-bond acceptors (Lipinski definition) is 2. The van der Waals surface area contributed by atoms with Gasteiger partial charge in [0.25, 0.3) is 0 Å². The molecule has 2 aromatic rings. The Kier molecular flexibility index (Phi) is 2.29. The molecular formula is C8H6Br2N2O. The molecule has 0 bridgehead atoms. The molecule has 2 aromatic heterocycles. The maximum absolute atomic E-state index is 5.22. The zero-order valence-corrected chi connectivity index (χ0v) is 9.94. The monoisotopic (exact) mass is 304 g/mol. The summed E-state index contributed by atoms with van der Waals surface area (Å²) >= 11 is 6.70. The lowest BCUT2D eigenvalue weighted by atomic mass is 10.3. The summed E-state index contributed by atoms with van der Waals surface area (Å²) in [6, 6.07) is 1.95. The van der Waals surface area contributed by atoms with Crippen molar-refractivity contribution in [2.24, 2.45) is 0 Å². The second-order valence-corrected chi connectivity index (χ2v) is 4.00. The van der Waals surface area contributed by atoms with E-state index in [-0.39, 0.29) is 0 Å². The first-order valence-corrected chi connectivity index (χ1v) is 5.18. The number of nitrogens with one attached hydrogen (secondary N) is 1. The average molecular weight is 306 g/mol. The van der Waals surface area contributed by atoms with E-state index in [1.54, 1.807) is 7.11 Å². The third kappa shape index (κ3) is 1.36. The second-order valence-electron chi connectivity index (χ2n) is 2.49. The second kappa shape index (κ2) is 3.31. The molecule has 0 aliphatic heterocycles. The van der Waals surface area contributed by atoms with Gasteiger partial charge in [-0.3, -0.25) is 0 Å². The molecule has 1 N–H and O–H groups in total. The van der Waals surface area contributed by atoms with Gasteiger partial charge in [0.2, 0.25) is 0 Å². The van der Waals surface area contributed by atoms with Gasteiger partial charge in [0, 0.05) is 11.6 Å². The van der Waals surface area contributed by atoms with Gasteiger partial charge >= 0.3 is 0 Å². The van der Waals surface area contributed by atoms with Crippen molar-refractivity contribution < 1.29 is 4.74 Å². The molecule has 3 nitrogen and oxygen atoms in total. The van der Waals surface area contributed by atoms with E-state index < -0.39 is 0 Å². The molecular weight excluding hydrogens is 300 g/mol. The summed E-state index contributed by atoms with van der Waals surface area (Å²) in [6.07, 6.45) is 1.85. The Hall–Kier alpha value is -0.550. The van der Waals surface area contributed by atoms with Crippen LogP contribution in [-0.2, 0) is 0 Å². The largest absolute Gasteiger partial charge is 0.493 e. The average Bonchev–Trinajstić information content (AvgIpc) is 2.53. The maximum Gasteiger partial charge on any atom is 0.161 e. The zero-order chi connectivity index (χ0) is 9.42. The summed E-state index contributed by atoms with van der Waals surface area (Å²) in [5, 5.41) is 1.01. The summed E-state index contributed by atoms with van der Waals surface area (Å²) in [5.41, 5.74) is 0.944. The first kappa shape index (κ1) is 9.02. The first-order chi connectivity index (χ1) is 6.24. The Morgan fingerprint density at radius 2 is 2.15 bits per heavy atom. The van der Waals surface area contributed by atoms with E-state index in [0.29, 0.717) is 4.60 Å². The fraction of sp³-hybridized carbons (Fsp3) is 0.125. The number of H-pyrrole nitrogens is 1. The van der Waals surface area contributed by atoms with Crippen molar-refractivity contribution in [3.63, 3.8) is 0 Å². The van der Waals surface area contributed by atoms with Gasteiger partial charge in [-0.25, -0.2) is 4.98 Å². The third-order valence-corrected chi connectivity index (χ3v) is 2.90. The molecule has 68 valence electrons. The van der Waals surface area contributed by atoms with Gasteiger partial charge < -0.3 is 9.72 Å². The molecule has 5 heteroatoms. The summed E-state index contributed by atoms with van der Waals surface area (Å²) < 4.78 is 6.70. The lowest BCUT2D eigenvalue weighted by Gasteiger charge is -2.04. The number of fused-ring (bicyclic) bond motifs is 1. The minimum atomic E-state index is 0.703. The topological polar surface area (TPSA) is 37.9 Å². The molecule has 0 spiro atoms. The number of hydrogen-bond donors (Lipinski definition) is 1. The van der Waals surface area contributed by atoms with Crippen LogP contribution in [0.4, 0.5) is 0 Å². The minimum absolute atomic E-state index is 0.703. The van der Waals surface area contributed by atoms with Crippen LogP contribution in [0.15, 0.2) is 21.5 Å². The standard InChI is InChI=1S/C8H6Br2N2O/c1-13-6-4-2-3-11-5(4)7(9)12-8(6)10/h2-3,11H,1H3. The molecule has 0 unspecified atom stereocenters. The van der Waals surface area contributed by atoms with E-state index in [1.807, 2.05) is 12.3 Å². The first-order valence-electron chi connectivity index (χ1n) is 3.60. The van der Waals surface area contributed by atoms with Gasteiger partial charge in [-0.05, 0) is 37.9 Å². The number of aromatic nitrogens is 2. The van der Waals surface area contributed by atoms with Crippen molar-refractivity contribution in [3.8, 4) is 5.75 Å². The van der Waals surface area contributed by atoms with Crippen LogP contribution in [0, 0.1) is 0 Å². The summed E-state index contributed by atoms with van der Waals surface area (Å²) in [6.45, 7) is 0. The van der Waals surface area contributed by atoms with Crippen LogP contribution in [0.2, 0.25) is 0 Å². The number of pyridine rings is 1. The Balaban J connectivity index is 2.88. The van der Waals surface area contributed by atoms with Gasteiger partial charge in [-0.1, -0.05) is 0 Å². The van der Waals surface area contributed by atoms with Gasteiger partial charge in [0.1, 0.15) is 9.21 Å². The fourth-order valence-corrected chi connectivity index (χ4v) is 2.52. The van der Waals surface area contributed by atoms with E-state index in [9.17, 15) is 0 Å². The van der Waals surface area contributed by atoms with Crippen LogP contribution in [0.25, 0.3) is 10.9 Å². The molecule has 0 aromatic carbocycles. The summed E-state index contributed by atoms with van der Waals surface area (Å²) in [4.78, 5) is 7.30. The predicted octanol–water partition coefficient (Wildman–Crippen LogP) is 3.10. The molecule has 0 fully saturated rings. The minimum Gasteiger partial charge on any atom is -0.493 e. The van der Waals surface area contributed by atoms with Gasteiger partial charge in [-0.15, -0.1) is 0 Å². The van der Waals surface area contributed by atoms with E-state index in [1.165, 1.54) is 0 Å². The normalized spacial score (nSPS) is 10.7. The molecule has 2 heterocycles. The highest BCUT2D eigenvalue weighted by Gasteiger charge is 2.11. The van der Waals surface area contributed by atoms with Crippen molar-refractivity contribution in [2.45, 2.75) is 0 Å². The molecule has 2 rings (SSSR count). The zero-order valence-electron chi connectivity index (χ0n) is 6.77. The highest BCUT2D eigenvalue weighted by molar-refractivity contribution is 9.11. The molecule has 0 atom stereocenters. The lowest BCUT2D eigenvalue weighted by molar-refractivity contribution is 0.415. The fourth-order valence-electron chi connectivity index (χ4n) is 1.23. The van der Waals surface area contributed by atoms with Crippen molar-refractivity contribution in [1.29, 1.82) is 0 Å². The van der Waals surface area contributed by atoms with Gasteiger partial charge in [0.15, 0.2) is 5.75 Å². The van der Waals surface area contributed by atoms with Crippen molar-refractivity contribution in [1.82, 2.24) is 9.97 Å². The van der Waals surface area contributed by atoms with Crippen LogP contribution in [0.1, 0.15) is 0 Å². The Bertz CT molecular complexity index is 453. The van der Waals surface area contributed by atoms with Gasteiger partial charge in [-0.2, -0.15) is 0 Å². The lowest BCUT2D eigenvalue weighted by Crippen LogP contribution is -1.89. The molecule has 0 saturated carbocycles. The Morgan fingerprint density at radius 1 is 1.38 bits per heavy atom. The summed E-state index contributed by atoms with van der Waals surface area (Å²) in [7, 11) is 1.63. The highest BCUT2D eigenvalue weighted by Crippen LogP contribution is 2.34. The molecule has 13 heavy (non-hydrogen) atoms. The van der Waals surface area contributed by atoms with E-state index in [0.717, 1.165) is 21.3 Å². The summed E-state index contributed by atoms with van der Waals surface area (Å²) in [5.74, 6) is 0.749. The number of ether oxygens (including phenoxy) is 1. The van der Waals surface area contributed by atoms with Crippen LogP contribution in [0.3, 0.4) is 0 Å². The molecule has 0 amide bonds. The Labute approximate surface area is 91.8 Å². The van der Waals surface area contributed by atoms with Crippen molar-refractivity contribution in [3.05, 3.63) is 21.5 Å². The third-order valence-electron chi connectivity index (χ3n) is 1.79. The predicted molar refractivity (Wildman–Crippen MR) is 58.0 cm³/mol. The van der Waals surface area contributed by atoms with E-state index >= 15 is 0 Å². The number of methoxy groups -OCH3 is 1. The molecule has 0 aliphatic carbocycles. The smallest absolute Gasteiger partial charge is 0.161 e. The van der Waals surface area contributed by atoms with Gasteiger partial charge in [0.05, 0.1) is 12.6 Å². The number of rotatable bonds is 1. The van der Waals surface area contributed by atoms with Crippen LogP contribution in [0.5, 0.6) is 5.75 Å².